The summed E-state index contributed by atoms with van der Waals surface area (Å²) in [5.74, 6) is -0.331. The zero-order valence-corrected chi connectivity index (χ0v) is 22.7. The summed E-state index contributed by atoms with van der Waals surface area (Å²) in [7, 11) is 1.31. The summed E-state index contributed by atoms with van der Waals surface area (Å²) in [4.78, 5) is 26.3. The van der Waals surface area contributed by atoms with Gasteiger partial charge in [-0.05, 0) is 47.9 Å². The average molecular weight is 534 g/mol. The third-order valence-electron chi connectivity index (χ3n) is 6.28. The van der Waals surface area contributed by atoms with Gasteiger partial charge in [-0.2, -0.15) is 0 Å². The van der Waals surface area contributed by atoms with Gasteiger partial charge in [-0.15, -0.1) is 11.3 Å². The molecule has 4 rings (SSSR count). The van der Waals surface area contributed by atoms with Crippen molar-refractivity contribution in [2.45, 2.75) is 26.2 Å². The van der Waals surface area contributed by atoms with Gasteiger partial charge in [0.2, 0.25) is 0 Å². The molecule has 0 atom stereocenters. The second-order valence-corrected chi connectivity index (χ2v) is 10.8. The number of aryl methyl sites for hydroxylation is 1. The molecule has 0 aliphatic rings. The van der Waals surface area contributed by atoms with Gasteiger partial charge in [-0.3, -0.25) is 4.79 Å². The Hall–Kier alpha value is -3.61. The molecule has 7 heteroatoms. The lowest BCUT2D eigenvalue weighted by Crippen LogP contribution is -2.21. The Kier molecular flexibility index (Phi) is 8.00. The van der Waals surface area contributed by atoms with E-state index < -0.39 is 5.97 Å². The highest BCUT2D eigenvalue weighted by molar-refractivity contribution is 7.17. The van der Waals surface area contributed by atoms with Crippen molar-refractivity contribution in [3.8, 4) is 16.9 Å². The van der Waals surface area contributed by atoms with Gasteiger partial charge in [-0.25, -0.2) is 4.79 Å². The summed E-state index contributed by atoms with van der Waals surface area (Å²) in [6.07, 6.45) is 0. The second-order valence-electron chi connectivity index (χ2n) is 9.09. The molecule has 190 valence electrons. The predicted molar refractivity (Wildman–Crippen MR) is 150 cm³/mol. The molecule has 0 saturated carbocycles. The molecule has 1 N–H and O–H groups in total. The molecule has 0 spiro atoms. The number of hydrogen-bond acceptors (Lipinski definition) is 5. The number of rotatable bonds is 8. The number of ether oxygens (including phenoxy) is 2. The van der Waals surface area contributed by atoms with Gasteiger partial charge >= 0.3 is 5.97 Å². The summed E-state index contributed by atoms with van der Waals surface area (Å²) in [6.45, 7) is 6.03. The molecule has 1 aromatic heterocycles. The maximum atomic E-state index is 12.8. The molecular weight excluding hydrogens is 506 g/mol. The molecule has 1 heterocycles. The van der Waals surface area contributed by atoms with Crippen LogP contribution in [0.3, 0.4) is 0 Å². The smallest absolute Gasteiger partial charge is 0.341 e. The van der Waals surface area contributed by atoms with Crippen LogP contribution in [0.2, 0.25) is 5.02 Å². The number of carbonyl (C=O) groups excluding carboxylic acids is 2. The number of nitrogens with one attached hydrogen (secondary N) is 1. The molecular formula is C30H28ClNO4S. The van der Waals surface area contributed by atoms with Crippen LogP contribution in [-0.2, 0) is 14.9 Å². The molecule has 0 aliphatic carbocycles. The first-order valence-corrected chi connectivity index (χ1v) is 13.0. The summed E-state index contributed by atoms with van der Waals surface area (Å²) in [5, 5.41) is 3.78. The van der Waals surface area contributed by atoms with Crippen LogP contribution in [0.15, 0.2) is 78.9 Å². The number of esters is 1. The second kappa shape index (κ2) is 11.2. The van der Waals surface area contributed by atoms with Crippen LogP contribution in [-0.4, -0.2) is 25.6 Å². The first-order valence-electron chi connectivity index (χ1n) is 11.8. The van der Waals surface area contributed by atoms with Crippen molar-refractivity contribution in [1.29, 1.82) is 0 Å². The molecule has 4 aromatic rings. The fourth-order valence-corrected chi connectivity index (χ4v) is 5.49. The van der Waals surface area contributed by atoms with Gasteiger partial charge in [-0.1, -0.05) is 80.0 Å². The number of anilines is 1. The molecule has 0 aliphatic heterocycles. The zero-order chi connectivity index (χ0) is 26.6. The first-order chi connectivity index (χ1) is 17.7. The number of carbonyl (C=O) groups is 2. The largest absolute Gasteiger partial charge is 0.484 e. The van der Waals surface area contributed by atoms with E-state index in [0.717, 1.165) is 16.0 Å². The molecule has 0 bridgehead atoms. The van der Waals surface area contributed by atoms with Crippen LogP contribution >= 0.6 is 22.9 Å². The molecule has 0 fully saturated rings. The van der Waals surface area contributed by atoms with Gasteiger partial charge in [0.05, 0.1) is 7.11 Å². The van der Waals surface area contributed by atoms with Crippen LogP contribution < -0.4 is 10.1 Å². The normalized spacial score (nSPS) is 11.2. The molecule has 5 nitrogen and oxygen atoms in total. The number of hydrogen-bond donors (Lipinski definition) is 1. The van der Waals surface area contributed by atoms with Gasteiger partial charge in [0.15, 0.2) is 6.61 Å². The monoisotopic (exact) mass is 533 g/mol. The number of thiophene rings is 1. The van der Waals surface area contributed by atoms with E-state index in [1.165, 1.54) is 24.0 Å². The lowest BCUT2D eigenvalue weighted by molar-refractivity contribution is -0.118. The maximum Gasteiger partial charge on any atom is 0.341 e. The quantitative estimate of drug-likeness (QED) is 0.238. The standard InChI is InChI=1S/C30H28ClNO4S/c1-19-26(20-9-8-12-23(31)17-20)27(29(34)35-4)28(37-19)32-25(33)18-36-24-15-13-22(14-16-24)30(2,3)21-10-6-5-7-11-21/h5-17H,18H2,1-4H3,(H,32,33). The summed E-state index contributed by atoms with van der Waals surface area (Å²) >= 11 is 7.48. The molecule has 0 unspecified atom stereocenters. The van der Waals surface area contributed by atoms with Crippen molar-refractivity contribution in [2.24, 2.45) is 0 Å². The SMILES string of the molecule is COC(=O)c1c(NC(=O)COc2ccc(C(C)(C)c3ccccc3)cc2)sc(C)c1-c1cccc(Cl)c1. The third-order valence-corrected chi connectivity index (χ3v) is 7.54. The van der Waals surface area contributed by atoms with Crippen LogP contribution in [0.4, 0.5) is 5.00 Å². The predicted octanol–water partition coefficient (Wildman–Crippen LogP) is 7.51. The van der Waals surface area contributed by atoms with Crippen molar-refractivity contribution in [1.82, 2.24) is 0 Å². The summed E-state index contributed by atoms with van der Waals surface area (Å²) < 4.78 is 10.8. The lowest BCUT2D eigenvalue weighted by Gasteiger charge is -2.26. The minimum Gasteiger partial charge on any atom is -0.484 e. The summed E-state index contributed by atoms with van der Waals surface area (Å²) in [5.41, 5.74) is 3.95. The Balaban J connectivity index is 1.47. The van der Waals surface area contributed by atoms with Crippen LogP contribution in [0.1, 0.15) is 40.2 Å². The van der Waals surface area contributed by atoms with Crippen LogP contribution in [0.25, 0.3) is 11.1 Å². The average Bonchev–Trinajstić information content (AvgIpc) is 3.23. The molecule has 0 saturated heterocycles. The molecule has 37 heavy (non-hydrogen) atoms. The fourth-order valence-electron chi connectivity index (χ4n) is 4.22. The fraction of sp³-hybridized carbons (Fsp3) is 0.200. The van der Waals surface area contributed by atoms with E-state index in [-0.39, 0.29) is 17.9 Å². The number of amides is 1. The van der Waals surface area contributed by atoms with Crippen molar-refractivity contribution in [3.05, 3.63) is 105 Å². The van der Waals surface area contributed by atoms with Crippen molar-refractivity contribution in [2.75, 3.05) is 19.0 Å². The molecule has 0 radical (unpaired) electrons. The Labute approximate surface area is 226 Å². The van der Waals surface area contributed by atoms with E-state index in [1.54, 1.807) is 12.1 Å². The minimum atomic E-state index is -0.535. The lowest BCUT2D eigenvalue weighted by atomic mass is 9.78. The third kappa shape index (κ3) is 5.87. The Morgan fingerprint density at radius 2 is 1.62 bits per heavy atom. The van der Waals surface area contributed by atoms with Gasteiger partial charge in [0, 0.05) is 20.9 Å². The van der Waals surface area contributed by atoms with Gasteiger partial charge < -0.3 is 14.8 Å². The highest BCUT2D eigenvalue weighted by atomic mass is 35.5. The van der Waals surface area contributed by atoms with E-state index in [1.807, 2.05) is 61.5 Å². The topological polar surface area (TPSA) is 64.6 Å². The Bertz CT molecular complexity index is 1410. The van der Waals surface area contributed by atoms with Gasteiger partial charge in [0.1, 0.15) is 16.3 Å². The van der Waals surface area contributed by atoms with Gasteiger partial charge in [0.25, 0.3) is 5.91 Å². The Morgan fingerprint density at radius 3 is 2.27 bits per heavy atom. The Morgan fingerprint density at radius 1 is 0.946 bits per heavy atom. The van der Waals surface area contributed by atoms with E-state index in [4.69, 9.17) is 21.1 Å². The maximum absolute atomic E-state index is 12.8. The number of halogens is 1. The van der Waals surface area contributed by atoms with E-state index in [0.29, 0.717) is 26.9 Å². The van der Waals surface area contributed by atoms with E-state index >= 15 is 0 Å². The van der Waals surface area contributed by atoms with Crippen molar-refractivity contribution in [3.63, 3.8) is 0 Å². The zero-order valence-electron chi connectivity index (χ0n) is 21.1. The molecule has 3 aromatic carbocycles. The first kappa shape index (κ1) is 26.5. The highest BCUT2D eigenvalue weighted by Crippen LogP contribution is 2.41. The summed E-state index contributed by atoms with van der Waals surface area (Å²) in [6, 6.07) is 25.3. The number of methoxy groups -OCH3 is 1. The van der Waals surface area contributed by atoms with E-state index in [9.17, 15) is 9.59 Å². The van der Waals surface area contributed by atoms with Crippen LogP contribution in [0.5, 0.6) is 5.75 Å². The minimum absolute atomic E-state index is 0.167. The molecule has 1 amide bonds. The van der Waals surface area contributed by atoms with E-state index in [2.05, 4.69) is 31.3 Å². The van der Waals surface area contributed by atoms with Crippen molar-refractivity contribution < 1.29 is 19.1 Å². The highest BCUT2D eigenvalue weighted by Gasteiger charge is 2.26. The van der Waals surface area contributed by atoms with Crippen LogP contribution in [0, 0.1) is 6.92 Å². The number of benzene rings is 3. The van der Waals surface area contributed by atoms with Crippen molar-refractivity contribution >= 4 is 39.8 Å².